The Labute approximate surface area is 168 Å². The topological polar surface area (TPSA) is 90.7 Å². The van der Waals surface area contributed by atoms with Crippen LogP contribution < -0.4 is 14.8 Å². The van der Waals surface area contributed by atoms with Crippen LogP contribution in [0, 0.1) is 0 Å². The number of amides is 1. The van der Waals surface area contributed by atoms with Crippen LogP contribution in [0.2, 0.25) is 0 Å². The summed E-state index contributed by atoms with van der Waals surface area (Å²) in [5.41, 5.74) is 3.26. The molecular weight excluding hydrogens is 372 g/mol. The number of hydrogen-bond acceptors (Lipinski definition) is 6. The van der Waals surface area contributed by atoms with E-state index < -0.39 is 5.91 Å². The first-order chi connectivity index (χ1) is 14.0. The highest BCUT2D eigenvalue weighted by atomic mass is 16.5. The first kappa shape index (κ1) is 20.1. The highest BCUT2D eigenvalue weighted by molar-refractivity contribution is 5.95. The Bertz CT molecular complexity index is 1010. The number of carbonyl (C=O) groups is 2. The lowest BCUT2D eigenvalue weighted by molar-refractivity contribution is -0.118. The molecule has 0 spiro atoms. The number of aromatic nitrogens is 1. The van der Waals surface area contributed by atoms with Crippen molar-refractivity contribution in [1.82, 2.24) is 5.16 Å². The smallest absolute Gasteiger partial charge is 0.264 e. The van der Waals surface area contributed by atoms with Crippen molar-refractivity contribution in [3.63, 3.8) is 0 Å². The number of hydrogen-bond donors (Lipinski definition) is 1. The summed E-state index contributed by atoms with van der Waals surface area (Å²) >= 11 is 0. The summed E-state index contributed by atoms with van der Waals surface area (Å²) in [6.45, 7) is 3.30. The second kappa shape index (κ2) is 9.05. The van der Waals surface area contributed by atoms with E-state index in [0.717, 1.165) is 12.0 Å². The van der Waals surface area contributed by atoms with Gasteiger partial charge in [0.25, 0.3) is 5.91 Å². The van der Waals surface area contributed by atoms with Gasteiger partial charge in [-0.3, -0.25) is 14.9 Å². The van der Waals surface area contributed by atoms with Gasteiger partial charge in [0.2, 0.25) is 5.88 Å². The van der Waals surface area contributed by atoms with Crippen LogP contribution in [0.25, 0.3) is 11.3 Å². The number of rotatable bonds is 8. The quantitative estimate of drug-likeness (QED) is 0.578. The van der Waals surface area contributed by atoms with Gasteiger partial charge in [-0.2, -0.15) is 0 Å². The van der Waals surface area contributed by atoms with Gasteiger partial charge in [0, 0.05) is 17.2 Å². The van der Waals surface area contributed by atoms with E-state index in [2.05, 4.69) is 17.4 Å². The SMILES string of the molecule is CCc1ccc(-c2cc(NC(=O)COc3ccc(C(C)=O)cc3OC)on2)cc1. The lowest BCUT2D eigenvalue weighted by Gasteiger charge is -2.11. The lowest BCUT2D eigenvalue weighted by Crippen LogP contribution is -2.20. The van der Waals surface area contributed by atoms with Crippen LogP contribution in [0.3, 0.4) is 0 Å². The van der Waals surface area contributed by atoms with Crippen LogP contribution in [0.15, 0.2) is 53.1 Å². The molecule has 0 unspecified atom stereocenters. The van der Waals surface area contributed by atoms with Crippen LogP contribution in [0.5, 0.6) is 11.5 Å². The van der Waals surface area contributed by atoms with Gasteiger partial charge in [0.05, 0.1) is 7.11 Å². The van der Waals surface area contributed by atoms with Crippen molar-refractivity contribution in [2.24, 2.45) is 0 Å². The minimum Gasteiger partial charge on any atom is -0.493 e. The van der Waals surface area contributed by atoms with Gasteiger partial charge in [-0.15, -0.1) is 0 Å². The summed E-state index contributed by atoms with van der Waals surface area (Å²) in [6, 6.07) is 14.4. The molecule has 0 atom stereocenters. The molecule has 1 aromatic heterocycles. The first-order valence-corrected chi connectivity index (χ1v) is 9.17. The lowest BCUT2D eigenvalue weighted by atomic mass is 10.1. The highest BCUT2D eigenvalue weighted by Gasteiger charge is 2.13. The van der Waals surface area contributed by atoms with Crippen LogP contribution in [0.1, 0.15) is 29.8 Å². The number of anilines is 1. The molecule has 1 heterocycles. The minimum absolute atomic E-state index is 0.0851. The number of nitrogens with zero attached hydrogens (tertiary/aromatic N) is 1. The monoisotopic (exact) mass is 394 g/mol. The van der Waals surface area contributed by atoms with E-state index in [1.807, 2.05) is 24.3 Å². The van der Waals surface area contributed by atoms with Crippen molar-refractivity contribution in [3.05, 3.63) is 59.7 Å². The molecule has 1 N–H and O–H groups in total. The summed E-state index contributed by atoms with van der Waals surface area (Å²) in [6.07, 6.45) is 0.961. The maximum Gasteiger partial charge on any atom is 0.264 e. The Kier molecular flexibility index (Phi) is 6.29. The molecule has 0 aliphatic rings. The molecular formula is C22H22N2O5. The van der Waals surface area contributed by atoms with E-state index in [9.17, 15) is 9.59 Å². The Morgan fingerprint density at radius 3 is 2.48 bits per heavy atom. The fourth-order valence-corrected chi connectivity index (χ4v) is 2.70. The van der Waals surface area contributed by atoms with Crippen molar-refractivity contribution in [2.45, 2.75) is 20.3 Å². The van der Waals surface area contributed by atoms with Gasteiger partial charge in [-0.1, -0.05) is 36.3 Å². The summed E-state index contributed by atoms with van der Waals surface area (Å²) in [4.78, 5) is 23.6. The Balaban J connectivity index is 1.60. The predicted molar refractivity (Wildman–Crippen MR) is 108 cm³/mol. The number of carbonyl (C=O) groups excluding carboxylic acids is 2. The summed E-state index contributed by atoms with van der Waals surface area (Å²) < 4.78 is 15.9. The molecule has 0 fully saturated rings. The van der Waals surface area contributed by atoms with Crippen LogP contribution >= 0.6 is 0 Å². The molecule has 0 saturated heterocycles. The molecule has 2 aromatic carbocycles. The third kappa shape index (κ3) is 5.01. The van der Waals surface area contributed by atoms with Crippen molar-refractivity contribution >= 4 is 17.6 Å². The van der Waals surface area contributed by atoms with Gasteiger partial charge in [0.15, 0.2) is 23.9 Å². The van der Waals surface area contributed by atoms with E-state index in [0.29, 0.717) is 22.8 Å². The Hall–Kier alpha value is -3.61. The highest BCUT2D eigenvalue weighted by Crippen LogP contribution is 2.28. The zero-order valence-electron chi connectivity index (χ0n) is 16.5. The van der Waals surface area contributed by atoms with E-state index in [-0.39, 0.29) is 18.3 Å². The normalized spacial score (nSPS) is 10.4. The van der Waals surface area contributed by atoms with Gasteiger partial charge >= 0.3 is 0 Å². The zero-order chi connectivity index (χ0) is 20.8. The fourth-order valence-electron chi connectivity index (χ4n) is 2.70. The van der Waals surface area contributed by atoms with Gasteiger partial charge in [0.1, 0.15) is 5.69 Å². The third-order valence-corrected chi connectivity index (χ3v) is 4.36. The number of nitrogens with one attached hydrogen (secondary N) is 1. The van der Waals surface area contributed by atoms with Gasteiger partial charge in [-0.05, 0) is 37.1 Å². The van der Waals surface area contributed by atoms with Crippen molar-refractivity contribution < 1.29 is 23.6 Å². The Morgan fingerprint density at radius 1 is 1.07 bits per heavy atom. The summed E-state index contributed by atoms with van der Waals surface area (Å²) in [5.74, 6) is 0.474. The molecule has 0 aliphatic heterocycles. The number of ether oxygens (including phenoxy) is 2. The maximum absolute atomic E-state index is 12.2. The van der Waals surface area contributed by atoms with Crippen LogP contribution in [0.4, 0.5) is 5.88 Å². The van der Waals surface area contributed by atoms with E-state index in [1.165, 1.54) is 19.6 Å². The van der Waals surface area contributed by atoms with E-state index >= 15 is 0 Å². The largest absolute Gasteiger partial charge is 0.493 e. The second-order valence-electron chi connectivity index (χ2n) is 6.39. The molecule has 7 nitrogen and oxygen atoms in total. The standard InChI is InChI=1S/C22H22N2O5/c1-4-15-5-7-16(8-6-15)18-12-22(29-24-18)23-21(26)13-28-19-10-9-17(14(2)25)11-20(19)27-3/h5-12H,4,13H2,1-3H3,(H,23,26). The number of aryl methyl sites for hydroxylation is 1. The molecule has 3 aromatic rings. The van der Waals surface area contributed by atoms with Gasteiger partial charge in [-0.25, -0.2) is 0 Å². The molecule has 1 amide bonds. The average Bonchev–Trinajstić information content (AvgIpc) is 3.20. The second-order valence-corrected chi connectivity index (χ2v) is 6.39. The first-order valence-electron chi connectivity index (χ1n) is 9.17. The van der Waals surface area contributed by atoms with Crippen LogP contribution in [-0.4, -0.2) is 30.6 Å². The third-order valence-electron chi connectivity index (χ3n) is 4.36. The molecule has 0 saturated carbocycles. The predicted octanol–water partition coefficient (Wildman–Crippen LogP) is 4.13. The maximum atomic E-state index is 12.2. The molecule has 0 radical (unpaired) electrons. The zero-order valence-corrected chi connectivity index (χ0v) is 16.5. The number of Topliss-reactive ketones (excluding diaryl/α,β-unsaturated/α-hetero) is 1. The van der Waals surface area contributed by atoms with E-state index in [4.69, 9.17) is 14.0 Å². The number of ketones is 1. The Morgan fingerprint density at radius 2 is 1.83 bits per heavy atom. The molecule has 7 heteroatoms. The summed E-state index contributed by atoms with van der Waals surface area (Å²) in [5, 5.41) is 6.59. The summed E-state index contributed by atoms with van der Waals surface area (Å²) in [7, 11) is 1.47. The fraction of sp³-hybridized carbons (Fsp3) is 0.227. The minimum atomic E-state index is -0.410. The van der Waals surface area contributed by atoms with E-state index in [1.54, 1.807) is 24.3 Å². The van der Waals surface area contributed by atoms with Crippen molar-refractivity contribution in [3.8, 4) is 22.8 Å². The van der Waals surface area contributed by atoms with Crippen molar-refractivity contribution in [1.29, 1.82) is 0 Å². The molecule has 0 bridgehead atoms. The average molecular weight is 394 g/mol. The molecule has 0 aliphatic carbocycles. The molecule has 29 heavy (non-hydrogen) atoms. The molecule has 150 valence electrons. The molecule has 3 rings (SSSR count). The van der Waals surface area contributed by atoms with Crippen LogP contribution in [-0.2, 0) is 11.2 Å². The van der Waals surface area contributed by atoms with Crippen molar-refractivity contribution in [2.75, 3.05) is 19.0 Å². The number of benzene rings is 2. The number of methoxy groups -OCH3 is 1. The van der Waals surface area contributed by atoms with Gasteiger partial charge < -0.3 is 14.0 Å².